The number of hydrogen-bond donors (Lipinski definition) is 4. The molecule has 1 aromatic rings. The molecule has 0 spiro atoms. The van der Waals surface area contributed by atoms with E-state index < -0.39 is 5.97 Å². The smallest absolute Gasteiger partial charge is 0.337 e. The zero-order valence-corrected chi connectivity index (χ0v) is 6.48. The van der Waals surface area contributed by atoms with Crippen LogP contribution in [-0.4, -0.2) is 27.1 Å². The third-order valence-corrected chi connectivity index (χ3v) is 1.39. The Hall–Kier alpha value is -1.95. The minimum Gasteiger partial charge on any atom is -0.478 e. The van der Waals surface area contributed by atoms with Crippen molar-refractivity contribution < 1.29 is 15.1 Å². The molecule has 6 heteroatoms. The summed E-state index contributed by atoms with van der Waals surface area (Å²) < 4.78 is 0. The van der Waals surface area contributed by atoms with Crippen molar-refractivity contribution in [2.24, 2.45) is 0 Å². The van der Waals surface area contributed by atoms with Crippen molar-refractivity contribution in [1.29, 1.82) is 5.41 Å². The quantitative estimate of drug-likeness (QED) is 0.294. The molecule has 6 nitrogen and oxygen atoms in total. The lowest BCUT2D eigenvalue weighted by atomic mass is 10.2. The number of aromatic carboxylic acids is 1. The molecule has 1 heterocycles. The number of carboxylic acids is 1. The van der Waals surface area contributed by atoms with Gasteiger partial charge in [0.05, 0.1) is 5.56 Å². The molecule has 0 fully saturated rings. The fourth-order valence-electron chi connectivity index (χ4n) is 0.758. The lowest BCUT2D eigenvalue weighted by Gasteiger charge is -2.01. The molecule has 68 valence electrons. The summed E-state index contributed by atoms with van der Waals surface area (Å²) in [6.07, 6.45) is 2.44. The van der Waals surface area contributed by atoms with E-state index in [9.17, 15) is 4.79 Å². The maximum Gasteiger partial charge on any atom is 0.337 e. The summed E-state index contributed by atoms with van der Waals surface area (Å²) in [6, 6.07) is 1.24. The minimum atomic E-state index is -1.12. The molecular formula is C7H7N3O3. The summed E-state index contributed by atoms with van der Waals surface area (Å²) in [7, 11) is 0. The van der Waals surface area contributed by atoms with Gasteiger partial charge in [0.25, 0.3) is 0 Å². The van der Waals surface area contributed by atoms with Gasteiger partial charge < -0.3 is 5.11 Å². The number of pyridine rings is 1. The van der Waals surface area contributed by atoms with Crippen LogP contribution in [0, 0.1) is 5.41 Å². The number of carboxylic acid groups (broad SMARTS) is 1. The Bertz CT molecular complexity index is 351. The van der Waals surface area contributed by atoms with Crippen LogP contribution >= 0.6 is 0 Å². The van der Waals surface area contributed by atoms with Crippen molar-refractivity contribution in [3.05, 3.63) is 29.6 Å². The Morgan fingerprint density at radius 3 is 2.62 bits per heavy atom. The lowest BCUT2D eigenvalue weighted by molar-refractivity contribution is 0.0696. The molecule has 0 saturated heterocycles. The number of aromatic nitrogens is 1. The van der Waals surface area contributed by atoms with Crippen LogP contribution in [0.2, 0.25) is 0 Å². The van der Waals surface area contributed by atoms with Crippen LogP contribution < -0.4 is 5.48 Å². The van der Waals surface area contributed by atoms with E-state index in [1.165, 1.54) is 12.3 Å². The summed E-state index contributed by atoms with van der Waals surface area (Å²) >= 11 is 0. The normalized spacial score (nSPS) is 9.31. The monoisotopic (exact) mass is 181 g/mol. The van der Waals surface area contributed by atoms with Crippen LogP contribution in [0.5, 0.6) is 0 Å². The average Bonchev–Trinajstić information content (AvgIpc) is 2.17. The molecule has 0 atom stereocenters. The first-order chi connectivity index (χ1) is 6.15. The van der Waals surface area contributed by atoms with Gasteiger partial charge in [-0.05, 0) is 6.07 Å². The Balaban J connectivity index is 3.05. The number of nitrogens with zero attached hydrogens (tertiary/aromatic N) is 1. The highest BCUT2D eigenvalue weighted by Crippen LogP contribution is 2.01. The number of carbonyl (C=O) groups is 1. The van der Waals surface area contributed by atoms with E-state index in [-0.39, 0.29) is 17.0 Å². The van der Waals surface area contributed by atoms with Gasteiger partial charge in [-0.2, -0.15) is 0 Å². The molecule has 0 aliphatic rings. The summed E-state index contributed by atoms with van der Waals surface area (Å²) in [6.45, 7) is 0. The molecule has 0 aromatic carbocycles. The zero-order valence-electron chi connectivity index (χ0n) is 6.48. The van der Waals surface area contributed by atoms with Gasteiger partial charge in [-0.15, -0.1) is 0 Å². The molecular weight excluding hydrogens is 174 g/mol. The second-order valence-corrected chi connectivity index (χ2v) is 2.25. The molecule has 13 heavy (non-hydrogen) atoms. The van der Waals surface area contributed by atoms with Gasteiger partial charge in [0, 0.05) is 18.0 Å². The van der Waals surface area contributed by atoms with Crippen LogP contribution in [-0.2, 0) is 0 Å². The Morgan fingerprint density at radius 1 is 1.46 bits per heavy atom. The standard InChI is InChI=1S/C7H7N3O3/c8-6(10-13)4-1-5(7(11)12)3-9-2-4/h1-3,13H,(H2,8,10)(H,11,12). The molecule has 0 unspecified atom stereocenters. The molecule has 1 rings (SSSR count). The van der Waals surface area contributed by atoms with E-state index >= 15 is 0 Å². The third kappa shape index (κ3) is 2.00. The molecule has 0 radical (unpaired) electrons. The van der Waals surface area contributed by atoms with E-state index in [1.54, 1.807) is 5.48 Å². The van der Waals surface area contributed by atoms with Crippen LogP contribution in [0.1, 0.15) is 15.9 Å². The van der Waals surface area contributed by atoms with E-state index in [0.717, 1.165) is 6.20 Å². The van der Waals surface area contributed by atoms with Gasteiger partial charge in [-0.1, -0.05) is 0 Å². The van der Waals surface area contributed by atoms with Crippen LogP contribution in [0.4, 0.5) is 0 Å². The Kier molecular flexibility index (Phi) is 2.56. The largest absolute Gasteiger partial charge is 0.478 e. The SMILES string of the molecule is N=C(NO)c1cncc(C(=O)O)c1. The second kappa shape index (κ2) is 3.63. The van der Waals surface area contributed by atoms with Gasteiger partial charge in [0.2, 0.25) is 0 Å². The van der Waals surface area contributed by atoms with Crippen LogP contribution in [0.15, 0.2) is 18.5 Å². The highest BCUT2D eigenvalue weighted by molar-refractivity contribution is 5.97. The lowest BCUT2D eigenvalue weighted by Crippen LogP contribution is -2.19. The molecule has 0 amide bonds. The summed E-state index contributed by atoms with van der Waals surface area (Å²) in [4.78, 5) is 14.1. The predicted octanol–water partition coefficient (Wildman–Crippen LogP) is 0.0840. The fourth-order valence-corrected chi connectivity index (χ4v) is 0.758. The topological polar surface area (TPSA) is 106 Å². The molecule has 0 aliphatic carbocycles. The fraction of sp³-hybridized carbons (Fsp3) is 0. The van der Waals surface area contributed by atoms with Crippen molar-refractivity contribution >= 4 is 11.8 Å². The van der Waals surface area contributed by atoms with Crippen molar-refractivity contribution in [1.82, 2.24) is 10.5 Å². The number of hydroxylamine groups is 1. The first kappa shape index (κ1) is 9.14. The first-order valence-corrected chi connectivity index (χ1v) is 3.32. The third-order valence-electron chi connectivity index (χ3n) is 1.39. The average molecular weight is 181 g/mol. The van der Waals surface area contributed by atoms with E-state index in [1.807, 2.05) is 0 Å². The number of rotatable bonds is 2. The highest BCUT2D eigenvalue weighted by Gasteiger charge is 2.06. The van der Waals surface area contributed by atoms with Crippen LogP contribution in [0.3, 0.4) is 0 Å². The van der Waals surface area contributed by atoms with Gasteiger partial charge in [-0.3, -0.25) is 21.1 Å². The molecule has 1 aromatic heterocycles. The van der Waals surface area contributed by atoms with Crippen LogP contribution in [0.25, 0.3) is 0 Å². The summed E-state index contributed by atoms with van der Waals surface area (Å²) in [5.74, 6) is -1.42. The van der Waals surface area contributed by atoms with Crippen molar-refractivity contribution in [3.8, 4) is 0 Å². The number of nitrogens with one attached hydrogen (secondary N) is 2. The van der Waals surface area contributed by atoms with Gasteiger partial charge in [0.15, 0.2) is 5.84 Å². The minimum absolute atomic E-state index is 0.0301. The van der Waals surface area contributed by atoms with Crippen molar-refractivity contribution in [2.75, 3.05) is 0 Å². The maximum atomic E-state index is 10.5. The Labute approximate surface area is 73.3 Å². The van der Waals surface area contributed by atoms with Crippen molar-refractivity contribution in [3.63, 3.8) is 0 Å². The molecule has 0 aliphatic heterocycles. The number of hydrogen-bond acceptors (Lipinski definition) is 4. The molecule has 0 saturated carbocycles. The first-order valence-electron chi connectivity index (χ1n) is 3.32. The van der Waals surface area contributed by atoms with Gasteiger partial charge in [-0.25, -0.2) is 4.79 Å². The zero-order chi connectivity index (χ0) is 9.84. The second-order valence-electron chi connectivity index (χ2n) is 2.25. The maximum absolute atomic E-state index is 10.5. The molecule has 4 N–H and O–H groups in total. The summed E-state index contributed by atoms with van der Waals surface area (Å²) in [5, 5.41) is 24.1. The van der Waals surface area contributed by atoms with Gasteiger partial charge >= 0.3 is 5.97 Å². The van der Waals surface area contributed by atoms with E-state index in [2.05, 4.69) is 4.98 Å². The van der Waals surface area contributed by atoms with Crippen molar-refractivity contribution in [2.45, 2.75) is 0 Å². The summed E-state index contributed by atoms with van der Waals surface area (Å²) in [5.41, 5.74) is 1.78. The van der Waals surface area contributed by atoms with E-state index in [4.69, 9.17) is 15.7 Å². The molecule has 0 bridgehead atoms. The Morgan fingerprint density at radius 2 is 2.08 bits per heavy atom. The van der Waals surface area contributed by atoms with E-state index in [0.29, 0.717) is 0 Å². The van der Waals surface area contributed by atoms with Gasteiger partial charge in [0.1, 0.15) is 0 Å². The predicted molar refractivity (Wildman–Crippen MR) is 42.9 cm³/mol. The number of amidine groups is 1. The highest BCUT2D eigenvalue weighted by atomic mass is 16.5.